The molecule has 0 heterocycles. The molecular formula is C22H26N2O5S. The van der Waals surface area contributed by atoms with Gasteiger partial charge in [-0.1, -0.05) is 56.3 Å². The summed E-state index contributed by atoms with van der Waals surface area (Å²) in [5.41, 5.74) is 1.16. The van der Waals surface area contributed by atoms with Gasteiger partial charge in [-0.2, -0.15) is 12.6 Å². The van der Waals surface area contributed by atoms with Crippen LogP contribution in [-0.2, 0) is 20.8 Å². The molecule has 0 aliphatic rings. The Morgan fingerprint density at radius 2 is 1.53 bits per heavy atom. The molecule has 0 aliphatic heterocycles. The van der Waals surface area contributed by atoms with Crippen LogP contribution >= 0.6 is 12.6 Å². The topological polar surface area (TPSA) is 116 Å². The standard InChI is InChI=1S/C22H26N2O5S/c1-13(2)19(30)21(27)24-18(15-6-4-3-5-7-15)20(26)23-17(22(28)29)12-14-8-10-16(25)11-9-14/h3-11,13,17-19,25,30H,12H2,1-2H3,(H,23,26)(H,24,27)(H,28,29)/t17-,18?,19?/m0/s1. The van der Waals surface area contributed by atoms with Crippen LogP contribution in [0.2, 0.25) is 0 Å². The number of aromatic hydroxyl groups is 1. The monoisotopic (exact) mass is 430 g/mol. The Hall–Kier alpha value is -3.00. The number of benzene rings is 2. The number of amides is 2. The van der Waals surface area contributed by atoms with E-state index in [1.54, 1.807) is 42.5 Å². The summed E-state index contributed by atoms with van der Waals surface area (Å²) in [6.45, 7) is 3.68. The van der Waals surface area contributed by atoms with Gasteiger partial charge in [0.1, 0.15) is 17.8 Å². The van der Waals surface area contributed by atoms with E-state index in [0.717, 1.165) is 0 Å². The van der Waals surface area contributed by atoms with Crippen molar-refractivity contribution in [2.75, 3.05) is 0 Å². The summed E-state index contributed by atoms with van der Waals surface area (Å²) in [5.74, 6) is -2.24. The molecule has 7 nitrogen and oxygen atoms in total. The summed E-state index contributed by atoms with van der Waals surface area (Å²) < 4.78 is 0. The number of phenols is 1. The SMILES string of the molecule is CC(C)C(S)C(=O)NC(C(=O)N[C@@H](Cc1ccc(O)cc1)C(=O)O)c1ccccc1. The van der Waals surface area contributed by atoms with E-state index in [2.05, 4.69) is 23.3 Å². The summed E-state index contributed by atoms with van der Waals surface area (Å²) in [5, 5.41) is 23.5. The second kappa shape index (κ2) is 10.7. The Labute approximate surface area is 180 Å². The molecule has 2 aromatic rings. The minimum absolute atomic E-state index is 0.0258. The molecule has 2 amide bonds. The van der Waals surface area contributed by atoms with Gasteiger partial charge < -0.3 is 20.8 Å². The fourth-order valence-electron chi connectivity index (χ4n) is 2.80. The number of carbonyl (C=O) groups is 3. The van der Waals surface area contributed by atoms with Gasteiger partial charge in [-0.3, -0.25) is 9.59 Å². The third-order valence-corrected chi connectivity index (χ3v) is 5.40. The number of hydrogen-bond donors (Lipinski definition) is 5. The lowest BCUT2D eigenvalue weighted by Gasteiger charge is -2.24. The largest absolute Gasteiger partial charge is 0.508 e. The van der Waals surface area contributed by atoms with Crippen LogP contribution in [0.25, 0.3) is 0 Å². The second-order valence-corrected chi connectivity index (χ2v) is 7.87. The van der Waals surface area contributed by atoms with Gasteiger partial charge in [0.05, 0.1) is 5.25 Å². The second-order valence-electron chi connectivity index (χ2n) is 7.31. The third kappa shape index (κ3) is 6.52. The first-order chi connectivity index (χ1) is 14.2. The Morgan fingerprint density at radius 3 is 2.07 bits per heavy atom. The van der Waals surface area contributed by atoms with Gasteiger partial charge in [-0.25, -0.2) is 4.79 Å². The quantitative estimate of drug-likeness (QED) is 0.392. The maximum Gasteiger partial charge on any atom is 0.326 e. The minimum Gasteiger partial charge on any atom is -0.508 e. The van der Waals surface area contributed by atoms with Crippen LogP contribution < -0.4 is 10.6 Å². The highest BCUT2D eigenvalue weighted by molar-refractivity contribution is 7.81. The third-order valence-electron chi connectivity index (χ3n) is 4.57. The van der Waals surface area contributed by atoms with Gasteiger partial charge in [-0.15, -0.1) is 0 Å². The van der Waals surface area contributed by atoms with Gasteiger partial charge >= 0.3 is 5.97 Å². The van der Waals surface area contributed by atoms with E-state index in [1.165, 1.54) is 12.1 Å². The molecule has 0 aliphatic carbocycles. The number of nitrogens with one attached hydrogen (secondary N) is 2. The van der Waals surface area contributed by atoms with E-state index in [9.17, 15) is 24.6 Å². The van der Waals surface area contributed by atoms with Crippen molar-refractivity contribution in [2.24, 2.45) is 5.92 Å². The summed E-state index contributed by atoms with van der Waals surface area (Å²) >= 11 is 4.29. The van der Waals surface area contributed by atoms with Gasteiger partial charge in [0.15, 0.2) is 0 Å². The highest BCUT2D eigenvalue weighted by atomic mass is 32.1. The Bertz CT molecular complexity index is 871. The van der Waals surface area contributed by atoms with Crippen molar-refractivity contribution in [3.8, 4) is 5.75 Å². The van der Waals surface area contributed by atoms with Gasteiger partial charge in [0.25, 0.3) is 0 Å². The van der Waals surface area contributed by atoms with E-state index in [-0.39, 0.29) is 18.1 Å². The molecule has 2 aromatic carbocycles. The number of hydrogen-bond acceptors (Lipinski definition) is 5. The average molecular weight is 431 g/mol. The van der Waals surface area contributed by atoms with E-state index in [1.807, 2.05) is 13.8 Å². The fraction of sp³-hybridized carbons (Fsp3) is 0.318. The predicted molar refractivity (Wildman–Crippen MR) is 116 cm³/mol. The maximum absolute atomic E-state index is 13.0. The molecule has 0 fully saturated rings. The summed E-state index contributed by atoms with van der Waals surface area (Å²) in [4.78, 5) is 37.2. The molecular weight excluding hydrogens is 404 g/mol. The van der Waals surface area contributed by atoms with E-state index in [4.69, 9.17) is 0 Å². The van der Waals surface area contributed by atoms with Crippen molar-refractivity contribution in [2.45, 2.75) is 37.6 Å². The first kappa shape index (κ1) is 23.3. The summed E-state index contributed by atoms with van der Waals surface area (Å²) in [6, 6.07) is 12.4. The molecule has 0 radical (unpaired) electrons. The zero-order valence-electron chi connectivity index (χ0n) is 16.8. The zero-order chi connectivity index (χ0) is 22.3. The Morgan fingerprint density at radius 1 is 0.933 bits per heavy atom. The van der Waals surface area contributed by atoms with Crippen LogP contribution in [0.3, 0.4) is 0 Å². The van der Waals surface area contributed by atoms with Gasteiger partial charge in [0.2, 0.25) is 11.8 Å². The lowest BCUT2D eigenvalue weighted by molar-refractivity contribution is -0.142. The number of aliphatic carboxylic acids is 1. The van der Waals surface area contributed by atoms with Gasteiger partial charge in [-0.05, 0) is 29.2 Å². The molecule has 4 N–H and O–H groups in total. The molecule has 2 unspecified atom stereocenters. The lowest BCUT2D eigenvalue weighted by Crippen LogP contribution is -2.49. The van der Waals surface area contributed by atoms with E-state index in [0.29, 0.717) is 11.1 Å². The molecule has 3 atom stereocenters. The fourth-order valence-corrected chi connectivity index (χ4v) is 2.87. The predicted octanol–water partition coefficient (Wildman–Crippen LogP) is 2.32. The Balaban J connectivity index is 2.21. The van der Waals surface area contributed by atoms with Crippen molar-refractivity contribution in [3.05, 3.63) is 65.7 Å². The first-order valence-electron chi connectivity index (χ1n) is 9.53. The van der Waals surface area contributed by atoms with Crippen LogP contribution in [0.15, 0.2) is 54.6 Å². The molecule has 2 rings (SSSR count). The molecule has 0 saturated carbocycles. The normalized spacial score (nSPS) is 13.9. The molecule has 160 valence electrons. The Kier molecular flexibility index (Phi) is 8.29. The first-order valence-corrected chi connectivity index (χ1v) is 10.0. The number of carboxylic acids is 1. The summed E-state index contributed by atoms with van der Waals surface area (Å²) in [6.07, 6.45) is 0.0258. The number of carbonyl (C=O) groups excluding carboxylic acids is 2. The van der Waals surface area contributed by atoms with Crippen LogP contribution in [0.5, 0.6) is 5.75 Å². The van der Waals surface area contributed by atoms with Crippen LogP contribution in [-0.4, -0.2) is 39.3 Å². The minimum atomic E-state index is -1.21. The smallest absolute Gasteiger partial charge is 0.326 e. The average Bonchev–Trinajstić information content (AvgIpc) is 2.72. The van der Waals surface area contributed by atoms with Crippen molar-refractivity contribution in [3.63, 3.8) is 0 Å². The number of rotatable bonds is 9. The number of thiol groups is 1. The molecule has 0 spiro atoms. The molecule has 0 bridgehead atoms. The van der Waals surface area contributed by atoms with Crippen LogP contribution in [0, 0.1) is 5.92 Å². The lowest BCUT2D eigenvalue weighted by atomic mass is 10.0. The van der Waals surface area contributed by atoms with Crippen molar-refractivity contribution in [1.82, 2.24) is 10.6 Å². The number of carboxylic acid groups (broad SMARTS) is 1. The molecule has 30 heavy (non-hydrogen) atoms. The van der Waals surface area contributed by atoms with Crippen molar-refractivity contribution in [1.29, 1.82) is 0 Å². The maximum atomic E-state index is 13.0. The molecule has 8 heteroatoms. The van der Waals surface area contributed by atoms with E-state index < -0.39 is 35.1 Å². The highest BCUT2D eigenvalue weighted by Crippen LogP contribution is 2.17. The molecule has 0 saturated heterocycles. The van der Waals surface area contributed by atoms with E-state index >= 15 is 0 Å². The van der Waals surface area contributed by atoms with Crippen molar-refractivity contribution < 1.29 is 24.6 Å². The van der Waals surface area contributed by atoms with Crippen LogP contribution in [0.4, 0.5) is 0 Å². The van der Waals surface area contributed by atoms with Crippen LogP contribution in [0.1, 0.15) is 31.0 Å². The zero-order valence-corrected chi connectivity index (χ0v) is 17.7. The molecule has 0 aromatic heterocycles. The summed E-state index contributed by atoms with van der Waals surface area (Å²) in [7, 11) is 0. The number of phenolic OH excluding ortho intramolecular Hbond substituents is 1. The van der Waals surface area contributed by atoms with Crippen molar-refractivity contribution >= 4 is 30.4 Å². The van der Waals surface area contributed by atoms with Gasteiger partial charge in [0, 0.05) is 6.42 Å². The highest BCUT2D eigenvalue weighted by Gasteiger charge is 2.30.